The van der Waals surface area contributed by atoms with Gasteiger partial charge in [-0.05, 0) is 55.3 Å². The summed E-state index contributed by atoms with van der Waals surface area (Å²) in [4.78, 5) is 80.8. The Hall–Kier alpha value is -3.39. The second-order valence-electron chi connectivity index (χ2n) is 17.5. The van der Waals surface area contributed by atoms with E-state index < -0.39 is 88.2 Å². The lowest BCUT2D eigenvalue weighted by molar-refractivity contribution is -0.258. The molecule has 52 heavy (non-hydrogen) atoms. The molecule has 2 aliphatic rings. The molecular weight excluding hydrogens is 683 g/mol. The van der Waals surface area contributed by atoms with Crippen molar-refractivity contribution in [1.82, 2.24) is 20.9 Å². The first-order valence-electron chi connectivity index (χ1n) is 18.5. The highest BCUT2D eigenvalue weighted by Crippen LogP contribution is 2.40. The maximum absolute atomic E-state index is 14.4. The Morgan fingerprint density at radius 3 is 1.88 bits per heavy atom. The van der Waals surface area contributed by atoms with Gasteiger partial charge in [-0.15, -0.1) is 0 Å². The normalized spacial score (nSPS) is 20.2. The van der Waals surface area contributed by atoms with Crippen molar-refractivity contribution >= 4 is 35.5 Å². The van der Waals surface area contributed by atoms with Gasteiger partial charge in [0.25, 0.3) is 5.91 Å². The van der Waals surface area contributed by atoms with E-state index in [1.165, 1.54) is 38.0 Å². The van der Waals surface area contributed by atoms with Crippen molar-refractivity contribution in [2.75, 3.05) is 6.54 Å². The minimum atomic E-state index is -4.86. The highest BCUT2D eigenvalue weighted by molar-refractivity contribution is 6.37. The number of carbonyl (C=O) groups excluding carboxylic acids is 6. The van der Waals surface area contributed by atoms with Gasteiger partial charge in [-0.3, -0.25) is 19.2 Å². The first-order chi connectivity index (χ1) is 23.7. The number of likely N-dealkylation sites (tertiary alicyclic amines) is 1. The van der Waals surface area contributed by atoms with E-state index in [0.29, 0.717) is 26.7 Å². The van der Waals surface area contributed by atoms with Crippen molar-refractivity contribution in [3.63, 3.8) is 0 Å². The number of amides is 5. The summed E-state index contributed by atoms with van der Waals surface area (Å²) in [6.45, 7) is 15.4. The lowest BCUT2D eigenvalue weighted by Gasteiger charge is -2.39. The van der Waals surface area contributed by atoms with E-state index in [2.05, 4.69) is 16.0 Å². The number of nitrogens with zero attached hydrogens (tertiary/aromatic N) is 1. The number of esters is 1. The number of nitrogens with one attached hydrogen (secondary N) is 3. The molecule has 5 atom stereocenters. The lowest BCUT2D eigenvalue weighted by Crippen LogP contribution is -2.62. The monoisotopic (exact) mass is 745 g/mol. The minimum absolute atomic E-state index is 0.150. The summed E-state index contributed by atoms with van der Waals surface area (Å²) < 4.78 is 45.0. The molecule has 0 aromatic rings. The zero-order valence-electron chi connectivity index (χ0n) is 32.6. The quantitative estimate of drug-likeness (QED) is 0.0903. The Labute approximate surface area is 306 Å². The molecule has 2 fully saturated rings. The first kappa shape index (κ1) is 44.8. The fourth-order valence-corrected chi connectivity index (χ4v) is 6.51. The molecule has 1 heterocycles. The third-order valence-corrected chi connectivity index (χ3v) is 10.1. The van der Waals surface area contributed by atoms with Gasteiger partial charge < -0.3 is 31.3 Å². The van der Waals surface area contributed by atoms with Crippen LogP contribution in [0.15, 0.2) is 0 Å². The number of ether oxygens (including phenoxy) is 1. The summed E-state index contributed by atoms with van der Waals surface area (Å²) in [6.07, 6.45) is 2.98. The number of nitrogens with two attached hydrogens (primary N) is 1. The Morgan fingerprint density at radius 2 is 1.40 bits per heavy atom. The van der Waals surface area contributed by atoms with E-state index >= 15 is 0 Å². The molecule has 0 spiro atoms. The first-order valence-corrected chi connectivity index (χ1v) is 18.5. The average Bonchev–Trinajstić information content (AvgIpc) is 3.70. The van der Waals surface area contributed by atoms with Crippen LogP contribution in [-0.2, 0) is 28.7 Å². The highest BCUT2D eigenvalue weighted by atomic mass is 19.4. The molecule has 2 rings (SSSR count). The number of rotatable bonds is 17. The Morgan fingerprint density at radius 1 is 0.827 bits per heavy atom. The standard InChI is InChI=1S/C37H62F3N5O7/c1-21(2)25(32(50)52-36(9,10)37(38,39)40)43-33(51)44-28(35(6,7)8)31(49)45-20-19-23(34(3,4)5)26(45)30(48)42-24(27(46)29(41)47)16-14-12-11-13-15-22-17-18-22/h21-26,28H,11-20H2,1-10H3,(H2,41,47)(H,42,48)(H2,43,44,51)/t23-,24?,25-,26-,28+/m0/s1. The Balaban J connectivity index is 2.29. The Kier molecular flexibility index (Phi) is 15.2. The second kappa shape index (κ2) is 17.6. The van der Waals surface area contributed by atoms with Gasteiger partial charge in [0, 0.05) is 6.54 Å². The number of carbonyl (C=O) groups is 6. The van der Waals surface area contributed by atoms with Crippen LogP contribution >= 0.6 is 0 Å². The summed E-state index contributed by atoms with van der Waals surface area (Å²) in [5, 5.41) is 7.69. The van der Waals surface area contributed by atoms with Gasteiger partial charge in [0.2, 0.25) is 23.2 Å². The molecule has 1 unspecified atom stereocenters. The number of urea groups is 1. The fraction of sp³-hybridized carbons (Fsp3) is 0.838. The number of halogens is 3. The smallest absolute Gasteiger partial charge is 0.427 e. The van der Waals surface area contributed by atoms with Crippen LogP contribution in [0.2, 0.25) is 0 Å². The molecule has 0 radical (unpaired) electrons. The number of ketones is 1. The maximum Gasteiger partial charge on any atom is 0.427 e. The number of hydrogen-bond acceptors (Lipinski definition) is 7. The molecule has 12 nitrogen and oxygen atoms in total. The van der Waals surface area contributed by atoms with E-state index in [4.69, 9.17) is 10.5 Å². The van der Waals surface area contributed by atoms with Crippen LogP contribution in [0.3, 0.4) is 0 Å². The van der Waals surface area contributed by atoms with Gasteiger partial charge in [0.1, 0.15) is 18.1 Å². The van der Waals surface area contributed by atoms with Crippen LogP contribution in [0.25, 0.3) is 0 Å². The zero-order valence-corrected chi connectivity index (χ0v) is 32.6. The molecule has 1 aliphatic carbocycles. The van der Waals surface area contributed by atoms with Crippen molar-refractivity contribution in [2.24, 2.45) is 34.3 Å². The molecule has 5 N–H and O–H groups in total. The summed E-state index contributed by atoms with van der Waals surface area (Å²) in [7, 11) is 0. The number of primary amides is 1. The van der Waals surface area contributed by atoms with Crippen LogP contribution in [0.4, 0.5) is 18.0 Å². The number of unbranched alkanes of at least 4 members (excludes halogenated alkanes) is 3. The molecule has 0 aromatic carbocycles. The van der Waals surface area contributed by atoms with Gasteiger partial charge in [-0.25, -0.2) is 9.59 Å². The molecule has 1 saturated heterocycles. The third kappa shape index (κ3) is 12.6. The van der Waals surface area contributed by atoms with Crippen molar-refractivity contribution in [2.45, 2.75) is 163 Å². The van der Waals surface area contributed by atoms with Crippen LogP contribution in [0, 0.1) is 28.6 Å². The Bertz CT molecular complexity index is 1300. The molecule has 5 amide bonds. The summed E-state index contributed by atoms with van der Waals surface area (Å²) in [5.41, 5.74) is 1.13. The van der Waals surface area contributed by atoms with E-state index in [0.717, 1.165) is 25.2 Å². The SMILES string of the molecule is CC(C)[C@H](NC(=O)N[C@H](C(=O)N1CC[C@H](C(C)(C)C)[C@H]1C(=O)NC(CCCCCCC1CC1)C(=O)C(N)=O)C(C)(C)C)C(=O)OC(C)(C)C(F)(F)F. The van der Waals surface area contributed by atoms with Gasteiger partial charge in [-0.2, -0.15) is 13.2 Å². The van der Waals surface area contributed by atoms with E-state index in [1.807, 2.05) is 20.8 Å². The number of hydrogen-bond donors (Lipinski definition) is 4. The minimum Gasteiger partial charge on any atom is -0.448 e. The van der Waals surface area contributed by atoms with E-state index in [9.17, 15) is 41.9 Å². The third-order valence-electron chi connectivity index (χ3n) is 10.1. The van der Waals surface area contributed by atoms with Gasteiger partial charge in [0.05, 0.1) is 6.04 Å². The largest absolute Gasteiger partial charge is 0.448 e. The highest BCUT2D eigenvalue weighted by Gasteiger charge is 2.52. The molecule has 15 heteroatoms. The van der Waals surface area contributed by atoms with Crippen LogP contribution in [0.1, 0.15) is 127 Å². The molecule has 298 valence electrons. The number of Topliss-reactive ketones (excluding diaryl/α,β-unsaturated/α-hetero) is 1. The molecule has 1 saturated carbocycles. The van der Waals surface area contributed by atoms with E-state index in [1.54, 1.807) is 20.8 Å². The summed E-state index contributed by atoms with van der Waals surface area (Å²) in [5.74, 6) is -4.83. The lowest BCUT2D eigenvalue weighted by atomic mass is 9.75. The average molecular weight is 746 g/mol. The molecular formula is C37H62F3N5O7. The second-order valence-corrected chi connectivity index (χ2v) is 17.5. The summed E-state index contributed by atoms with van der Waals surface area (Å²) >= 11 is 0. The van der Waals surface area contributed by atoms with Crippen molar-refractivity contribution < 1.29 is 46.7 Å². The van der Waals surface area contributed by atoms with Crippen molar-refractivity contribution in [1.29, 1.82) is 0 Å². The van der Waals surface area contributed by atoms with Crippen LogP contribution in [0.5, 0.6) is 0 Å². The number of alkyl halides is 3. The predicted molar refractivity (Wildman–Crippen MR) is 189 cm³/mol. The molecule has 0 bridgehead atoms. The van der Waals surface area contributed by atoms with E-state index in [-0.39, 0.29) is 18.9 Å². The van der Waals surface area contributed by atoms with Crippen molar-refractivity contribution in [3.8, 4) is 0 Å². The van der Waals surface area contributed by atoms with Crippen LogP contribution in [-0.4, -0.2) is 82.9 Å². The van der Waals surface area contributed by atoms with Crippen molar-refractivity contribution in [3.05, 3.63) is 0 Å². The predicted octanol–water partition coefficient (Wildman–Crippen LogP) is 5.16. The topological polar surface area (TPSA) is 177 Å². The molecule has 1 aliphatic heterocycles. The maximum atomic E-state index is 14.4. The van der Waals surface area contributed by atoms with Gasteiger partial charge >= 0.3 is 18.2 Å². The summed E-state index contributed by atoms with van der Waals surface area (Å²) in [6, 6.07) is -5.96. The fourth-order valence-electron chi connectivity index (χ4n) is 6.51. The molecule has 0 aromatic heterocycles. The van der Waals surface area contributed by atoms with Gasteiger partial charge in [-0.1, -0.05) is 100 Å². The van der Waals surface area contributed by atoms with Crippen LogP contribution < -0.4 is 21.7 Å². The van der Waals surface area contributed by atoms with Gasteiger partial charge in [0.15, 0.2) is 0 Å². The zero-order chi connectivity index (χ0) is 40.0.